The highest BCUT2D eigenvalue weighted by atomic mass is 32.2. The molecule has 1 heterocycles. The number of unbranched alkanes of at least 4 members (excludes halogenated alkanes) is 1. The van der Waals surface area contributed by atoms with Gasteiger partial charge in [-0.3, -0.25) is 9.49 Å². The summed E-state index contributed by atoms with van der Waals surface area (Å²) in [6.45, 7) is 1.72. The summed E-state index contributed by atoms with van der Waals surface area (Å²) in [7, 11) is 0. The predicted octanol–water partition coefficient (Wildman–Crippen LogP) is 3.43. The lowest BCUT2D eigenvalue weighted by atomic mass is 10.2. The van der Waals surface area contributed by atoms with Crippen LogP contribution in [0.5, 0.6) is 0 Å². The number of aryl methyl sites for hydroxylation is 1. The number of hydrogen-bond acceptors (Lipinski definition) is 5. The Bertz CT molecular complexity index is 578. The number of benzene rings is 1. The molecule has 0 unspecified atom stereocenters. The molecule has 1 aromatic carbocycles. The number of nitrogens with one attached hydrogen (secondary N) is 2. The first kappa shape index (κ1) is 15.0. The molecule has 0 saturated carbocycles. The monoisotopic (exact) mass is 302 g/mol. The van der Waals surface area contributed by atoms with Crippen LogP contribution in [0.15, 0.2) is 12.1 Å². The number of H-pyrrole nitrogens is 1. The van der Waals surface area contributed by atoms with E-state index >= 15 is 0 Å². The van der Waals surface area contributed by atoms with E-state index in [4.69, 9.17) is 0 Å². The maximum atomic E-state index is 13.8. The normalized spacial score (nSPS) is 11.4. The number of hydroxylamine groups is 1. The largest absolute Gasteiger partial charge is 0.315 e. The second-order valence-electron chi connectivity index (χ2n) is 4.35. The van der Waals surface area contributed by atoms with Crippen LogP contribution in [0.3, 0.4) is 0 Å². The number of nitrogens with zero attached hydrogens (tertiary/aromatic N) is 2. The molecule has 0 aliphatic heterocycles. The van der Waals surface area contributed by atoms with Crippen molar-refractivity contribution in [1.82, 2.24) is 14.7 Å². The van der Waals surface area contributed by atoms with Gasteiger partial charge in [0.1, 0.15) is 5.52 Å². The van der Waals surface area contributed by atoms with E-state index in [1.54, 1.807) is 13.0 Å². The molecule has 5 nitrogen and oxygen atoms in total. The Morgan fingerprint density at radius 3 is 3.00 bits per heavy atom. The molecule has 3 N–H and O–H groups in total. The van der Waals surface area contributed by atoms with Gasteiger partial charge in [0, 0.05) is 23.7 Å². The number of anilines is 1. The van der Waals surface area contributed by atoms with E-state index in [0.29, 0.717) is 41.7 Å². The zero-order valence-corrected chi connectivity index (χ0v) is 11.8. The average Bonchev–Trinajstić information content (AvgIpc) is 2.79. The first-order valence-electron chi connectivity index (χ1n) is 6.21. The fourth-order valence-corrected chi connectivity index (χ4v) is 2.31. The average molecular weight is 302 g/mol. The third kappa shape index (κ3) is 3.59. The molecule has 1 aromatic heterocycles. The summed E-state index contributed by atoms with van der Waals surface area (Å²) in [6.07, 6.45) is 0.961. The zero-order valence-electron chi connectivity index (χ0n) is 11.0. The molecule has 0 fully saturated rings. The molecule has 0 radical (unpaired) electrons. The Balaban J connectivity index is 1.97. The summed E-state index contributed by atoms with van der Waals surface area (Å²) >= 11 is 0.925. The first-order valence-corrected chi connectivity index (χ1v) is 6.98. The Hall–Kier alpha value is -1.38. The summed E-state index contributed by atoms with van der Waals surface area (Å²) in [5.74, 6) is -0.409. The fourth-order valence-electron chi connectivity index (χ4n) is 1.76. The van der Waals surface area contributed by atoms with Crippen LogP contribution in [0.2, 0.25) is 0 Å². The number of aromatic nitrogens is 2. The molecule has 2 rings (SSSR count). The Labute approximate surface area is 119 Å². The van der Waals surface area contributed by atoms with Crippen molar-refractivity contribution in [2.24, 2.45) is 0 Å². The molecule has 0 bridgehead atoms. The number of halogens is 2. The summed E-state index contributed by atoms with van der Waals surface area (Å²) in [5, 5.41) is 16.8. The Kier molecular flexibility index (Phi) is 5.16. The number of hydrogen-bond donors (Lipinski definition) is 3. The van der Waals surface area contributed by atoms with Crippen LogP contribution < -0.4 is 4.72 Å². The highest BCUT2D eigenvalue weighted by molar-refractivity contribution is 7.98. The smallest absolute Gasteiger partial charge is 0.150 e. The third-order valence-corrected chi connectivity index (χ3v) is 3.54. The minimum Gasteiger partial charge on any atom is -0.315 e. The standard InChI is InChI=1S/C12H16F2N4OS/c1-8-10-6-9(7-11(14)12(10)16-15-8)17-20-18(19)5-3-2-4-13/h6-7,17,19H,2-5H2,1H3,(H,15,16). The van der Waals surface area contributed by atoms with Crippen molar-refractivity contribution in [3.63, 3.8) is 0 Å². The van der Waals surface area contributed by atoms with E-state index in [1.165, 1.54) is 6.07 Å². The fraction of sp³-hybridized carbons (Fsp3) is 0.417. The van der Waals surface area contributed by atoms with Gasteiger partial charge in [0.25, 0.3) is 0 Å². The van der Waals surface area contributed by atoms with Gasteiger partial charge >= 0.3 is 0 Å². The SMILES string of the molecule is Cc1n[nH]c2c(F)cc(NSN(O)CCCCF)cc12. The topological polar surface area (TPSA) is 64.2 Å². The van der Waals surface area contributed by atoms with Gasteiger partial charge in [-0.05, 0) is 25.8 Å². The first-order chi connectivity index (χ1) is 9.61. The lowest BCUT2D eigenvalue weighted by Crippen LogP contribution is -2.14. The molecule has 0 spiro atoms. The molecular formula is C12H16F2N4OS. The molecule has 0 saturated heterocycles. The summed E-state index contributed by atoms with van der Waals surface area (Å²) in [4.78, 5) is 0. The number of rotatable bonds is 7. The lowest BCUT2D eigenvalue weighted by molar-refractivity contribution is 0.0158. The lowest BCUT2D eigenvalue weighted by Gasteiger charge is -2.14. The van der Waals surface area contributed by atoms with Crippen molar-refractivity contribution >= 4 is 28.7 Å². The van der Waals surface area contributed by atoms with Gasteiger partial charge in [-0.2, -0.15) is 5.10 Å². The molecule has 8 heteroatoms. The highest BCUT2D eigenvalue weighted by Crippen LogP contribution is 2.25. The summed E-state index contributed by atoms with van der Waals surface area (Å²) in [6, 6.07) is 3.07. The molecule has 0 amide bonds. The van der Waals surface area contributed by atoms with Crippen molar-refractivity contribution < 1.29 is 14.0 Å². The van der Waals surface area contributed by atoms with E-state index in [0.717, 1.165) is 16.6 Å². The predicted molar refractivity (Wildman–Crippen MR) is 75.7 cm³/mol. The Morgan fingerprint density at radius 2 is 2.25 bits per heavy atom. The van der Waals surface area contributed by atoms with Crippen molar-refractivity contribution in [1.29, 1.82) is 0 Å². The van der Waals surface area contributed by atoms with E-state index in [9.17, 15) is 14.0 Å². The number of aromatic amines is 1. The minimum atomic E-state index is -0.409. The second-order valence-corrected chi connectivity index (χ2v) is 5.16. The van der Waals surface area contributed by atoms with Crippen molar-refractivity contribution in [3.05, 3.63) is 23.6 Å². The zero-order chi connectivity index (χ0) is 14.5. The van der Waals surface area contributed by atoms with Crippen LogP contribution in [-0.2, 0) is 0 Å². The molecule has 20 heavy (non-hydrogen) atoms. The van der Waals surface area contributed by atoms with Crippen LogP contribution in [0, 0.1) is 12.7 Å². The van der Waals surface area contributed by atoms with Crippen molar-refractivity contribution in [3.8, 4) is 0 Å². The van der Waals surface area contributed by atoms with Crippen LogP contribution in [0.4, 0.5) is 14.5 Å². The number of fused-ring (bicyclic) bond motifs is 1. The van der Waals surface area contributed by atoms with Crippen molar-refractivity contribution in [2.45, 2.75) is 19.8 Å². The second kappa shape index (κ2) is 6.87. The summed E-state index contributed by atoms with van der Waals surface area (Å²) < 4.78 is 29.5. The van der Waals surface area contributed by atoms with Crippen LogP contribution in [-0.4, -0.2) is 33.1 Å². The maximum absolute atomic E-state index is 13.8. The molecule has 110 valence electrons. The van der Waals surface area contributed by atoms with Gasteiger partial charge in [-0.25, -0.2) is 4.39 Å². The van der Waals surface area contributed by atoms with Gasteiger partial charge in [0.05, 0.1) is 24.5 Å². The molecule has 0 aliphatic carbocycles. The Morgan fingerprint density at radius 1 is 1.45 bits per heavy atom. The van der Waals surface area contributed by atoms with Gasteiger partial charge in [-0.1, -0.05) is 0 Å². The quantitative estimate of drug-likeness (QED) is 0.415. The number of alkyl halides is 1. The van der Waals surface area contributed by atoms with Gasteiger partial charge in [0.15, 0.2) is 5.82 Å². The molecular weight excluding hydrogens is 286 g/mol. The minimum absolute atomic E-state index is 0.330. The van der Waals surface area contributed by atoms with Crippen LogP contribution in [0.25, 0.3) is 10.9 Å². The van der Waals surface area contributed by atoms with Crippen LogP contribution >= 0.6 is 12.1 Å². The van der Waals surface area contributed by atoms with Gasteiger partial charge in [-0.15, -0.1) is 4.47 Å². The highest BCUT2D eigenvalue weighted by Gasteiger charge is 2.09. The van der Waals surface area contributed by atoms with Gasteiger partial charge in [0.2, 0.25) is 0 Å². The molecule has 0 atom stereocenters. The maximum Gasteiger partial charge on any atom is 0.150 e. The van der Waals surface area contributed by atoms with Crippen molar-refractivity contribution in [2.75, 3.05) is 17.9 Å². The van der Waals surface area contributed by atoms with E-state index in [-0.39, 0.29) is 0 Å². The van der Waals surface area contributed by atoms with Crippen LogP contribution in [0.1, 0.15) is 18.5 Å². The molecule has 2 aromatic rings. The van der Waals surface area contributed by atoms with E-state index < -0.39 is 12.5 Å². The van der Waals surface area contributed by atoms with E-state index in [1.807, 2.05) is 0 Å². The summed E-state index contributed by atoms with van der Waals surface area (Å²) in [5.41, 5.74) is 1.59. The van der Waals surface area contributed by atoms with Gasteiger partial charge < -0.3 is 9.93 Å². The molecule has 0 aliphatic rings. The van der Waals surface area contributed by atoms with E-state index in [2.05, 4.69) is 14.9 Å². The third-order valence-electron chi connectivity index (χ3n) is 2.82.